The van der Waals surface area contributed by atoms with Gasteiger partial charge in [0, 0.05) is 48.3 Å². The Kier molecular flexibility index (Phi) is 6.52. The molecule has 0 radical (unpaired) electrons. The van der Waals surface area contributed by atoms with Gasteiger partial charge in [0.25, 0.3) is 29.9 Å². The van der Waals surface area contributed by atoms with E-state index in [1.807, 2.05) is 0 Å². The number of hydrogen-bond acceptors (Lipinski definition) is 4. The second-order valence-electron chi connectivity index (χ2n) is 9.32. The number of aromatic nitrogens is 1. The summed E-state index contributed by atoms with van der Waals surface area (Å²) < 4.78 is 55.2. The molecule has 2 N–H and O–H groups in total. The Morgan fingerprint density at radius 3 is 2.42 bits per heavy atom. The first-order valence-corrected chi connectivity index (χ1v) is 11.6. The molecule has 11 heteroatoms. The molecule has 192 valence electrons. The zero-order valence-corrected chi connectivity index (χ0v) is 19.7. The van der Waals surface area contributed by atoms with E-state index in [1.54, 1.807) is 4.57 Å². The number of ketones is 2. The van der Waals surface area contributed by atoms with Crippen LogP contribution in [0.3, 0.4) is 0 Å². The van der Waals surface area contributed by atoms with E-state index in [4.69, 9.17) is 0 Å². The number of Topliss-reactive ketones (excluding diaryl/α,β-unsaturated/α-hetero) is 2. The van der Waals surface area contributed by atoms with Crippen LogP contribution in [-0.4, -0.2) is 39.4 Å². The molecular weight excluding hydrogens is 482 g/mol. The maximum Gasteiger partial charge on any atom is 0.293 e. The van der Waals surface area contributed by atoms with Crippen molar-refractivity contribution in [1.82, 2.24) is 9.88 Å². The van der Waals surface area contributed by atoms with Gasteiger partial charge in [0.1, 0.15) is 11.2 Å². The lowest BCUT2D eigenvalue weighted by molar-refractivity contribution is -0.163. The summed E-state index contributed by atoms with van der Waals surface area (Å²) in [5, 5.41) is 4.77. The lowest BCUT2D eigenvalue weighted by atomic mass is 9.69. The van der Waals surface area contributed by atoms with Crippen molar-refractivity contribution in [3.63, 3.8) is 0 Å². The number of carbonyl (C=O) groups is 4. The van der Waals surface area contributed by atoms with Gasteiger partial charge in [-0.25, -0.2) is 17.6 Å². The number of nitrogens with zero attached hydrogens (tertiary/aromatic N) is 1. The topological polar surface area (TPSA) is 97.3 Å². The van der Waals surface area contributed by atoms with E-state index >= 15 is 0 Å². The van der Waals surface area contributed by atoms with Crippen LogP contribution in [0.5, 0.6) is 0 Å². The molecule has 2 heterocycles. The summed E-state index contributed by atoms with van der Waals surface area (Å²) in [7, 11) is 0. The number of anilines is 1. The summed E-state index contributed by atoms with van der Waals surface area (Å²) in [6.07, 6.45) is -3.54. The Bertz CT molecular complexity index is 1260. The molecule has 0 atom stereocenters. The predicted molar refractivity (Wildman–Crippen MR) is 122 cm³/mol. The van der Waals surface area contributed by atoms with Crippen LogP contribution in [0.4, 0.5) is 23.2 Å². The SMILES string of the molecule is CCC(=O)C1(NC(=O)C(=O)c2cc(C(=O)Nc3ccc(C)c(C(F)F)c3)n3c2CCC3)CC(F)(F)C1. The molecule has 36 heavy (non-hydrogen) atoms. The highest BCUT2D eigenvalue weighted by Crippen LogP contribution is 2.46. The summed E-state index contributed by atoms with van der Waals surface area (Å²) in [5.41, 5.74) is -1.06. The van der Waals surface area contributed by atoms with Crippen molar-refractivity contribution in [2.75, 3.05) is 5.32 Å². The molecule has 7 nitrogen and oxygen atoms in total. The van der Waals surface area contributed by atoms with Gasteiger partial charge in [-0.2, -0.15) is 0 Å². The van der Waals surface area contributed by atoms with Crippen LogP contribution in [0, 0.1) is 6.92 Å². The van der Waals surface area contributed by atoms with Gasteiger partial charge in [0.15, 0.2) is 5.78 Å². The predicted octanol–water partition coefficient (Wildman–Crippen LogP) is 4.38. The highest BCUT2D eigenvalue weighted by atomic mass is 19.3. The van der Waals surface area contributed by atoms with Crippen LogP contribution in [0.25, 0.3) is 0 Å². The van der Waals surface area contributed by atoms with E-state index in [-0.39, 0.29) is 28.9 Å². The molecule has 2 aromatic rings. The summed E-state index contributed by atoms with van der Waals surface area (Å²) in [6.45, 7) is 3.41. The van der Waals surface area contributed by atoms with Gasteiger partial charge >= 0.3 is 0 Å². The first kappa shape index (κ1) is 25.6. The van der Waals surface area contributed by atoms with Crippen LogP contribution in [0.2, 0.25) is 0 Å². The minimum absolute atomic E-state index is 0.0579. The Labute approximate surface area is 204 Å². The van der Waals surface area contributed by atoms with E-state index in [9.17, 15) is 36.7 Å². The zero-order chi connectivity index (χ0) is 26.4. The number of aryl methyl sites for hydroxylation is 1. The number of halogens is 4. The van der Waals surface area contributed by atoms with Crippen molar-refractivity contribution in [3.05, 3.63) is 52.3 Å². The Hall–Kier alpha value is -3.50. The fourth-order valence-corrected chi connectivity index (χ4v) is 4.97. The third-order valence-electron chi connectivity index (χ3n) is 6.79. The lowest BCUT2D eigenvalue weighted by Gasteiger charge is -2.46. The molecule has 0 saturated heterocycles. The maximum atomic E-state index is 13.6. The van der Waals surface area contributed by atoms with Crippen LogP contribution in [0.15, 0.2) is 24.3 Å². The minimum Gasteiger partial charge on any atom is -0.340 e. The van der Waals surface area contributed by atoms with Crippen LogP contribution < -0.4 is 10.6 Å². The molecule has 1 aliphatic carbocycles. The second kappa shape index (κ2) is 9.18. The van der Waals surface area contributed by atoms with Gasteiger partial charge in [0.2, 0.25) is 0 Å². The number of nitrogens with one attached hydrogen (secondary N) is 2. The number of hydrogen-bond donors (Lipinski definition) is 2. The van der Waals surface area contributed by atoms with Crippen LogP contribution in [-0.2, 0) is 22.6 Å². The largest absolute Gasteiger partial charge is 0.340 e. The summed E-state index contributed by atoms with van der Waals surface area (Å²) >= 11 is 0. The number of carbonyl (C=O) groups excluding carboxylic acids is 4. The monoisotopic (exact) mass is 507 g/mol. The highest BCUT2D eigenvalue weighted by Gasteiger charge is 2.61. The van der Waals surface area contributed by atoms with Crippen molar-refractivity contribution in [2.45, 2.75) is 70.4 Å². The van der Waals surface area contributed by atoms with Gasteiger partial charge in [-0.05, 0) is 43.5 Å². The molecule has 1 saturated carbocycles. The van der Waals surface area contributed by atoms with E-state index < -0.39 is 54.1 Å². The average Bonchev–Trinajstić information content (AvgIpc) is 3.40. The van der Waals surface area contributed by atoms with Crippen LogP contribution in [0.1, 0.15) is 76.7 Å². The Morgan fingerprint density at radius 1 is 1.11 bits per heavy atom. The van der Waals surface area contributed by atoms with Gasteiger partial charge in [-0.3, -0.25) is 19.2 Å². The molecule has 0 spiro atoms. The Morgan fingerprint density at radius 2 is 1.81 bits per heavy atom. The fraction of sp³-hybridized carbons (Fsp3) is 0.440. The number of benzene rings is 1. The molecular formula is C25H25F4N3O4. The van der Waals surface area contributed by atoms with Gasteiger partial charge in [-0.1, -0.05) is 13.0 Å². The second-order valence-corrected chi connectivity index (χ2v) is 9.32. The standard InChI is InChI=1S/C25H25F4N3O4/c1-3-19(33)24(11-25(28,29)12-24)31-23(36)20(34)16-10-18(32-8-4-5-17(16)32)22(35)30-14-7-6-13(2)15(9-14)21(26)27/h6-7,9-10,21H,3-5,8,11-12H2,1-2H3,(H,30,35)(H,31,36). The normalized spacial score (nSPS) is 17.3. The zero-order valence-electron chi connectivity index (χ0n) is 19.7. The van der Waals surface area contributed by atoms with E-state index in [2.05, 4.69) is 10.6 Å². The van der Waals surface area contributed by atoms with E-state index in [1.165, 1.54) is 38.1 Å². The Balaban J connectivity index is 1.57. The van der Waals surface area contributed by atoms with Crippen molar-refractivity contribution in [1.29, 1.82) is 0 Å². The molecule has 0 unspecified atom stereocenters. The third-order valence-corrected chi connectivity index (χ3v) is 6.79. The molecule has 2 aliphatic rings. The molecule has 1 aromatic carbocycles. The van der Waals surface area contributed by atoms with Crippen molar-refractivity contribution in [3.8, 4) is 0 Å². The van der Waals surface area contributed by atoms with Crippen molar-refractivity contribution >= 4 is 29.1 Å². The number of alkyl halides is 4. The number of amides is 2. The van der Waals surface area contributed by atoms with E-state index in [0.29, 0.717) is 30.6 Å². The summed E-state index contributed by atoms with van der Waals surface area (Å²) in [4.78, 5) is 51.0. The highest BCUT2D eigenvalue weighted by molar-refractivity contribution is 6.43. The fourth-order valence-electron chi connectivity index (χ4n) is 4.97. The van der Waals surface area contributed by atoms with E-state index in [0.717, 1.165) is 0 Å². The molecule has 1 aromatic heterocycles. The number of fused-ring (bicyclic) bond motifs is 1. The molecule has 1 aliphatic heterocycles. The molecule has 4 rings (SSSR count). The van der Waals surface area contributed by atoms with Crippen molar-refractivity contribution < 1.29 is 36.7 Å². The first-order valence-electron chi connectivity index (χ1n) is 11.6. The first-order chi connectivity index (χ1) is 16.9. The molecule has 2 amide bonds. The van der Waals surface area contributed by atoms with Crippen LogP contribution >= 0.6 is 0 Å². The molecule has 1 fully saturated rings. The maximum absolute atomic E-state index is 13.6. The number of rotatable bonds is 8. The third kappa shape index (κ3) is 4.54. The van der Waals surface area contributed by atoms with Gasteiger partial charge < -0.3 is 15.2 Å². The smallest absolute Gasteiger partial charge is 0.293 e. The average molecular weight is 507 g/mol. The van der Waals surface area contributed by atoms with Gasteiger partial charge in [-0.15, -0.1) is 0 Å². The van der Waals surface area contributed by atoms with Gasteiger partial charge in [0.05, 0.1) is 0 Å². The van der Waals surface area contributed by atoms with Crippen molar-refractivity contribution in [2.24, 2.45) is 0 Å². The lowest BCUT2D eigenvalue weighted by Crippen LogP contribution is -2.67. The quantitative estimate of drug-likeness (QED) is 0.315. The summed E-state index contributed by atoms with van der Waals surface area (Å²) in [6, 6.07) is 5.34. The minimum atomic E-state index is -3.11. The summed E-state index contributed by atoms with van der Waals surface area (Å²) in [5.74, 6) is -6.58. The molecule has 0 bridgehead atoms.